The molecule has 0 spiro atoms. The third-order valence-electron chi connectivity index (χ3n) is 7.29. The Kier molecular flexibility index (Phi) is 4.26. The lowest BCUT2D eigenvalue weighted by molar-refractivity contribution is 0.386. The van der Waals surface area contributed by atoms with Gasteiger partial charge in [0, 0.05) is 55.1 Å². The van der Waals surface area contributed by atoms with Crippen molar-refractivity contribution in [1.29, 1.82) is 0 Å². The Bertz CT molecular complexity index is 1510. The first-order valence-corrected chi connectivity index (χ1v) is 11.7. The van der Waals surface area contributed by atoms with Crippen molar-refractivity contribution in [1.82, 2.24) is 29.5 Å². The molecular weight excluding hydrogens is 429 g/mol. The number of pyridine rings is 1. The highest BCUT2D eigenvalue weighted by Gasteiger charge is 2.39. The van der Waals surface area contributed by atoms with Crippen LogP contribution >= 0.6 is 0 Å². The number of benzene rings is 1. The monoisotopic (exact) mass is 453 g/mol. The lowest BCUT2D eigenvalue weighted by Gasteiger charge is -2.20. The highest BCUT2D eigenvalue weighted by atomic mass is 19.1. The van der Waals surface area contributed by atoms with E-state index in [1.165, 1.54) is 12.1 Å². The summed E-state index contributed by atoms with van der Waals surface area (Å²) in [5, 5.41) is 6.10. The summed E-state index contributed by atoms with van der Waals surface area (Å²) in [6.45, 7) is 4.35. The largest absolute Gasteiger partial charge is 0.355 e. The van der Waals surface area contributed by atoms with E-state index in [1.54, 1.807) is 18.3 Å². The lowest BCUT2D eigenvalue weighted by atomic mass is 10.0. The minimum Gasteiger partial charge on any atom is -0.355 e. The van der Waals surface area contributed by atoms with Crippen LogP contribution in [0, 0.1) is 17.7 Å². The first-order valence-electron chi connectivity index (χ1n) is 11.7. The van der Waals surface area contributed by atoms with Crippen molar-refractivity contribution in [2.75, 3.05) is 38.1 Å². The van der Waals surface area contributed by atoms with Crippen molar-refractivity contribution in [3.05, 3.63) is 66.7 Å². The minimum absolute atomic E-state index is 0.267. The number of likely N-dealkylation sites (tertiary alicyclic amines) is 1. The van der Waals surface area contributed by atoms with E-state index in [4.69, 9.17) is 10.1 Å². The molecule has 0 saturated carbocycles. The van der Waals surface area contributed by atoms with Gasteiger partial charge in [-0.25, -0.2) is 18.9 Å². The van der Waals surface area contributed by atoms with Crippen LogP contribution in [0.15, 0.2) is 60.9 Å². The predicted octanol–water partition coefficient (Wildman–Crippen LogP) is 4.08. The lowest BCUT2D eigenvalue weighted by Crippen LogP contribution is -2.27. The van der Waals surface area contributed by atoms with Crippen molar-refractivity contribution in [3.8, 4) is 22.5 Å². The zero-order valence-corrected chi connectivity index (χ0v) is 18.8. The molecule has 4 aromatic heterocycles. The highest BCUT2D eigenvalue weighted by Crippen LogP contribution is 2.37. The van der Waals surface area contributed by atoms with Crippen LogP contribution in [0.1, 0.15) is 0 Å². The number of aromatic nitrogens is 5. The molecule has 7 rings (SSSR count). The zero-order chi connectivity index (χ0) is 22.8. The van der Waals surface area contributed by atoms with E-state index in [9.17, 15) is 4.39 Å². The SMILES string of the molecule is CN1CC2CN(c3ccc4nc(-c5ccc(F)cc5)c(-c5ccnc6[nH]ccc56)n4n3)CC2C1. The van der Waals surface area contributed by atoms with Crippen LogP contribution < -0.4 is 4.90 Å². The van der Waals surface area contributed by atoms with Gasteiger partial charge in [0.25, 0.3) is 0 Å². The van der Waals surface area contributed by atoms with Gasteiger partial charge in [-0.15, -0.1) is 5.10 Å². The summed E-state index contributed by atoms with van der Waals surface area (Å²) in [4.78, 5) is 17.4. The molecule has 0 amide bonds. The van der Waals surface area contributed by atoms with Gasteiger partial charge in [-0.3, -0.25) is 0 Å². The molecule has 6 heterocycles. The molecule has 170 valence electrons. The first-order chi connectivity index (χ1) is 16.6. The Balaban J connectivity index is 1.41. The van der Waals surface area contributed by atoms with Crippen molar-refractivity contribution < 1.29 is 4.39 Å². The van der Waals surface area contributed by atoms with Gasteiger partial charge in [0.05, 0.1) is 5.69 Å². The van der Waals surface area contributed by atoms with Crippen molar-refractivity contribution >= 4 is 22.5 Å². The van der Waals surface area contributed by atoms with Crippen LogP contribution in [0.25, 0.3) is 39.2 Å². The molecule has 0 radical (unpaired) electrons. The standard InChI is InChI=1S/C26H24FN7/c1-32-12-17-14-33(15-18(17)13-32)23-7-6-22-30-24(16-2-4-19(27)5-3-16)25(34(22)31-23)20-8-10-28-26-21(20)9-11-29-26/h2-11,17-18H,12-15H2,1H3,(H,28,29). The summed E-state index contributed by atoms with van der Waals surface area (Å²) >= 11 is 0. The number of aromatic amines is 1. The maximum absolute atomic E-state index is 13.7. The number of anilines is 1. The molecule has 2 atom stereocenters. The van der Waals surface area contributed by atoms with Crippen LogP contribution in [-0.2, 0) is 0 Å². The molecule has 8 heteroatoms. The normalized spacial score (nSPS) is 20.6. The van der Waals surface area contributed by atoms with E-state index in [0.29, 0.717) is 11.8 Å². The first kappa shape index (κ1) is 19.7. The number of imidazole rings is 1. The molecule has 2 aliphatic heterocycles. The van der Waals surface area contributed by atoms with Crippen LogP contribution in [0.4, 0.5) is 10.2 Å². The Morgan fingerprint density at radius 1 is 0.941 bits per heavy atom. The molecule has 1 N–H and O–H groups in total. The Morgan fingerprint density at radius 3 is 2.53 bits per heavy atom. The van der Waals surface area contributed by atoms with E-state index in [2.05, 4.69) is 32.9 Å². The Labute approximate surface area is 195 Å². The van der Waals surface area contributed by atoms with Crippen LogP contribution in [0.2, 0.25) is 0 Å². The average molecular weight is 454 g/mol. The van der Waals surface area contributed by atoms with Gasteiger partial charge in [0.1, 0.15) is 23.0 Å². The molecule has 5 aromatic rings. The topological polar surface area (TPSA) is 65.4 Å². The Morgan fingerprint density at radius 2 is 1.74 bits per heavy atom. The second-order valence-electron chi connectivity index (χ2n) is 9.52. The fraction of sp³-hybridized carbons (Fsp3) is 0.269. The van der Waals surface area contributed by atoms with Crippen molar-refractivity contribution in [2.24, 2.45) is 11.8 Å². The van der Waals surface area contributed by atoms with Gasteiger partial charge >= 0.3 is 0 Å². The summed E-state index contributed by atoms with van der Waals surface area (Å²) in [7, 11) is 2.21. The van der Waals surface area contributed by atoms with E-state index < -0.39 is 0 Å². The van der Waals surface area contributed by atoms with Crippen LogP contribution in [-0.4, -0.2) is 62.7 Å². The van der Waals surface area contributed by atoms with Crippen molar-refractivity contribution in [2.45, 2.75) is 0 Å². The van der Waals surface area contributed by atoms with Crippen LogP contribution in [0.3, 0.4) is 0 Å². The highest BCUT2D eigenvalue weighted by molar-refractivity contribution is 5.96. The second kappa shape index (κ2) is 7.36. The number of hydrogen-bond acceptors (Lipinski definition) is 5. The van der Waals surface area contributed by atoms with Gasteiger partial charge in [-0.2, -0.15) is 0 Å². The van der Waals surface area contributed by atoms with Crippen molar-refractivity contribution in [3.63, 3.8) is 0 Å². The van der Waals surface area contributed by atoms with Gasteiger partial charge in [-0.05, 0) is 67.4 Å². The molecule has 2 aliphatic rings. The fourth-order valence-corrected chi connectivity index (χ4v) is 5.73. The second-order valence-corrected chi connectivity index (χ2v) is 9.52. The molecule has 2 fully saturated rings. The molecule has 2 unspecified atom stereocenters. The van der Waals surface area contributed by atoms with Gasteiger partial charge in [0.2, 0.25) is 0 Å². The average Bonchev–Trinajstić information content (AvgIpc) is 3.60. The fourth-order valence-electron chi connectivity index (χ4n) is 5.73. The summed E-state index contributed by atoms with van der Waals surface area (Å²) in [5.41, 5.74) is 5.07. The van der Waals surface area contributed by atoms with Gasteiger partial charge in [0.15, 0.2) is 5.65 Å². The summed E-state index contributed by atoms with van der Waals surface area (Å²) in [5.74, 6) is 2.09. The summed E-state index contributed by atoms with van der Waals surface area (Å²) < 4.78 is 15.6. The molecule has 0 bridgehead atoms. The summed E-state index contributed by atoms with van der Waals surface area (Å²) in [6.07, 6.45) is 3.69. The minimum atomic E-state index is -0.267. The number of fused-ring (bicyclic) bond motifs is 3. The van der Waals surface area contributed by atoms with E-state index >= 15 is 0 Å². The number of nitrogens with one attached hydrogen (secondary N) is 1. The molecule has 0 aliphatic carbocycles. The van der Waals surface area contributed by atoms with E-state index in [1.807, 2.05) is 28.9 Å². The number of rotatable bonds is 3. The third kappa shape index (κ3) is 3.02. The maximum atomic E-state index is 13.7. The molecule has 7 nitrogen and oxygen atoms in total. The van der Waals surface area contributed by atoms with Gasteiger partial charge < -0.3 is 14.8 Å². The van der Waals surface area contributed by atoms with E-state index in [0.717, 1.165) is 71.2 Å². The Hall–Kier alpha value is -3.78. The maximum Gasteiger partial charge on any atom is 0.155 e. The van der Waals surface area contributed by atoms with Crippen LogP contribution in [0.5, 0.6) is 0 Å². The molecular formula is C26H24FN7. The van der Waals surface area contributed by atoms with E-state index in [-0.39, 0.29) is 5.82 Å². The third-order valence-corrected chi connectivity index (χ3v) is 7.29. The predicted molar refractivity (Wildman–Crippen MR) is 130 cm³/mol. The smallest absolute Gasteiger partial charge is 0.155 e. The number of H-pyrrole nitrogens is 1. The summed E-state index contributed by atoms with van der Waals surface area (Å²) in [6, 6.07) is 14.6. The quantitative estimate of drug-likeness (QED) is 0.446. The number of nitrogens with zero attached hydrogens (tertiary/aromatic N) is 6. The molecule has 2 saturated heterocycles. The molecule has 34 heavy (non-hydrogen) atoms. The van der Waals surface area contributed by atoms with Gasteiger partial charge in [-0.1, -0.05) is 0 Å². The number of hydrogen-bond donors (Lipinski definition) is 1. The zero-order valence-electron chi connectivity index (χ0n) is 18.8. The number of halogens is 1. The molecule has 1 aromatic carbocycles.